The number of carbonyl (C=O) groups excluding carboxylic acids is 2. The van der Waals surface area contributed by atoms with E-state index in [0.29, 0.717) is 17.3 Å². The van der Waals surface area contributed by atoms with Crippen molar-refractivity contribution in [3.8, 4) is 5.75 Å². The highest BCUT2D eigenvalue weighted by Gasteiger charge is 2.27. The first-order valence-electron chi connectivity index (χ1n) is 10.7. The van der Waals surface area contributed by atoms with Gasteiger partial charge in [-0.05, 0) is 69.9 Å². The van der Waals surface area contributed by atoms with Gasteiger partial charge >= 0.3 is 0 Å². The van der Waals surface area contributed by atoms with Crippen LogP contribution in [0.15, 0.2) is 36.4 Å². The molecule has 31 heavy (non-hydrogen) atoms. The van der Waals surface area contributed by atoms with Crippen LogP contribution in [0.3, 0.4) is 0 Å². The first-order valence-corrected chi connectivity index (χ1v) is 11.0. The standard InChI is InChI=1S/C25H33ClN2O3/c1-7-19(5)27-25(30)20(6)28(14-21-10-8-16(2)9-11-21)23(29)15-31-22-12-17(3)24(26)18(4)13-22/h8-13,19-20H,7,14-15H2,1-6H3,(H,27,30)/t19-,20-/m1/s1. The number of hydrogen-bond acceptors (Lipinski definition) is 3. The quantitative estimate of drug-likeness (QED) is 0.593. The molecule has 0 aliphatic rings. The molecule has 5 nitrogen and oxygen atoms in total. The second kappa shape index (κ2) is 11.2. The summed E-state index contributed by atoms with van der Waals surface area (Å²) in [6.45, 7) is 11.7. The molecule has 0 aliphatic heterocycles. The second-order valence-electron chi connectivity index (χ2n) is 8.16. The Bertz CT molecular complexity index is 888. The summed E-state index contributed by atoms with van der Waals surface area (Å²) in [5.74, 6) is 0.158. The third kappa shape index (κ3) is 7.00. The summed E-state index contributed by atoms with van der Waals surface area (Å²) >= 11 is 6.22. The van der Waals surface area contributed by atoms with Crippen LogP contribution in [0, 0.1) is 20.8 Å². The van der Waals surface area contributed by atoms with E-state index >= 15 is 0 Å². The summed E-state index contributed by atoms with van der Waals surface area (Å²) in [6.07, 6.45) is 0.822. The van der Waals surface area contributed by atoms with Gasteiger partial charge in [0.2, 0.25) is 5.91 Å². The molecule has 0 fully saturated rings. The topological polar surface area (TPSA) is 58.6 Å². The zero-order valence-electron chi connectivity index (χ0n) is 19.3. The highest BCUT2D eigenvalue weighted by atomic mass is 35.5. The molecule has 0 spiro atoms. The molecular formula is C25H33ClN2O3. The molecule has 2 aromatic rings. The molecule has 2 rings (SSSR count). The molecule has 0 aliphatic carbocycles. The second-order valence-corrected chi connectivity index (χ2v) is 8.54. The van der Waals surface area contributed by atoms with E-state index in [4.69, 9.17) is 16.3 Å². The van der Waals surface area contributed by atoms with E-state index in [1.54, 1.807) is 11.8 Å². The Balaban J connectivity index is 2.18. The maximum Gasteiger partial charge on any atom is 0.261 e. The van der Waals surface area contributed by atoms with Crippen LogP contribution in [0.5, 0.6) is 5.75 Å². The van der Waals surface area contributed by atoms with Crippen molar-refractivity contribution in [2.75, 3.05) is 6.61 Å². The van der Waals surface area contributed by atoms with Gasteiger partial charge in [0, 0.05) is 17.6 Å². The van der Waals surface area contributed by atoms with Crippen molar-refractivity contribution < 1.29 is 14.3 Å². The van der Waals surface area contributed by atoms with Gasteiger partial charge in [0.05, 0.1) is 0 Å². The fourth-order valence-corrected chi connectivity index (χ4v) is 3.26. The molecule has 0 saturated heterocycles. The van der Waals surface area contributed by atoms with E-state index in [-0.39, 0.29) is 24.5 Å². The lowest BCUT2D eigenvalue weighted by atomic mass is 10.1. The fraction of sp³-hybridized carbons (Fsp3) is 0.440. The van der Waals surface area contributed by atoms with Gasteiger partial charge in [-0.3, -0.25) is 9.59 Å². The number of aryl methyl sites for hydroxylation is 3. The molecule has 1 N–H and O–H groups in total. The van der Waals surface area contributed by atoms with E-state index in [9.17, 15) is 9.59 Å². The maximum absolute atomic E-state index is 13.1. The molecule has 6 heteroatoms. The van der Waals surface area contributed by atoms with Crippen LogP contribution in [0.1, 0.15) is 49.4 Å². The van der Waals surface area contributed by atoms with Crippen molar-refractivity contribution in [1.29, 1.82) is 0 Å². The minimum absolute atomic E-state index is 0.0440. The summed E-state index contributed by atoms with van der Waals surface area (Å²) in [5, 5.41) is 3.66. The number of carbonyl (C=O) groups is 2. The number of benzene rings is 2. The van der Waals surface area contributed by atoms with Crippen molar-refractivity contribution in [3.05, 3.63) is 63.7 Å². The third-order valence-electron chi connectivity index (χ3n) is 5.41. The Kier molecular flexibility index (Phi) is 8.93. The predicted molar refractivity (Wildman–Crippen MR) is 126 cm³/mol. The minimum atomic E-state index is -0.625. The smallest absolute Gasteiger partial charge is 0.261 e. The molecule has 0 bridgehead atoms. The van der Waals surface area contributed by atoms with Crippen molar-refractivity contribution in [1.82, 2.24) is 10.2 Å². The lowest BCUT2D eigenvalue weighted by Crippen LogP contribution is -2.50. The van der Waals surface area contributed by atoms with Crippen LogP contribution >= 0.6 is 11.6 Å². The molecule has 2 amide bonds. The summed E-state index contributed by atoms with van der Waals surface area (Å²) < 4.78 is 5.77. The predicted octanol–water partition coefficient (Wildman–Crippen LogP) is 4.98. The summed E-state index contributed by atoms with van der Waals surface area (Å²) in [4.78, 5) is 27.4. The summed E-state index contributed by atoms with van der Waals surface area (Å²) in [7, 11) is 0. The number of nitrogens with zero attached hydrogens (tertiary/aromatic N) is 1. The average Bonchev–Trinajstić information content (AvgIpc) is 2.74. The van der Waals surface area contributed by atoms with Gasteiger partial charge in [0.15, 0.2) is 6.61 Å². The third-order valence-corrected chi connectivity index (χ3v) is 6.01. The summed E-state index contributed by atoms with van der Waals surface area (Å²) in [5.41, 5.74) is 3.88. The largest absolute Gasteiger partial charge is 0.484 e. The number of nitrogens with one attached hydrogen (secondary N) is 1. The summed E-state index contributed by atoms with van der Waals surface area (Å²) in [6, 6.07) is 11.0. The van der Waals surface area contributed by atoms with Gasteiger partial charge in [-0.25, -0.2) is 0 Å². The van der Waals surface area contributed by atoms with Gasteiger partial charge in [-0.2, -0.15) is 0 Å². The zero-order chi connectivity index (χ0) is 23.1. The van der Waals surface area contributed by atoms with Crippen molar-refractivity contribution >= 4 is 23.4 Å². The Morgan fingerprint density at radius 1 is 1.06 bits per heavy atom. The molecule has 0 heterocycles. The van der Waals surface area contributed by atoms with Gasteiger partial charge in [0.25, 0.3) is 5.91 Å². The van der Waals surface area contributed by atoms with Gasteiger partial charge in [-0.15, -0.1) is 0 Å². The highest BCUT2D eigenvalue weighted by molar-refractivity contribution is 6.32. The van der Waals surface area contributed by atoms with Gasteiger partial charge < -0.3 is 15.0 Å². The molecular weight excluding hydrogens is 412 g/mol. The number of rotatable bonds is 9. The van der Waals surface area contributed by atoms with Crippen LogP contribution in [0.25, 0.3) is 0 Å². The highest BCUT2D eigenvalue weighted by Crippen LogP contribution is 2.26. The minimum Gasteiger partial charge on any atom is -0.484 e. The maximum atomic E-state index is 13.1. The Morgan fingerprint density at radius 2 is 1.65 bits per heavy atom. The number of hydrogen-bond donors (Lipinski definition) is 1. The van der Waals surface area contributed by atoms with Crippen LogP contribution in [-0.2, 0) is 16.1 Å². The number of halogens is 1. The van der Waals surface area contributed by atoms with Crippen molar-refractivity contribution in [2.45, 2.75) is 66.6 Å². The van der Waals surface area contributed by atoms with Crippen LogP contribution in [-0.4, -0.2) is 35.4 Å². The Labute approximate surface area is 190 Å². The van der Waals surface area contributed by atoms with Gasteiger partial charge in [-0.1, -0.05) is 48.4 Å². The van der Waals surface area contributed by atoms with Crippen molar-refractivity contribution in [2.24, 2.45) is 0 Å². The van der Waals surface area contributed by atoms with E-state index in [0.717, 1.165) is 28.7 Å². The monoisotopic (exact) mass is 444 g/mol. The lowest BCUT2D eigenvalue weighted by molar-refractivity contribution is -0.142. The normalized spacial score (nSPS) is 12.7. The molecule has 2 aromatic carbocycles. The number of ether oxygens (including phenoxy) is 1. The van der Waals surface area contributed by atoms with Gasteiger partial charge in [0.1, 0.15) is 11.8 Å². The van der Waals surface area contributed by atoms with E-state index in [1.807, 2.05) is 71.0 Å². The zero-order valence-corrected chi connectivity index (χ0v) is 20.0. The molecule has 168 valence electrons. The van der Waals surface area contributed by atoms with E-state index in [2.05, 4.69) is 5.32 Å². The molecule has 0 radical (unpaired) electrons. The molecule has 2 atom stereocenters. The first-order chi connectivity index (χ1) is 14.6. The van der Waals surface area contributed by atoms with Crippen LogP contribution < -0.4 is 10.1 Å². The van der Waals surface area contributed by atoms with E-state index < -0.39 is 6.04 Å². The Hall–Kier alpha value is -2.53. The van der Waals surface area contributed by atoms with Crippen LogP contribution in [0.4, 0.5) is 0 Å². The SMILES string of the molecule is CC[C@@H](C)NC(=O)[C@@H](C)N(Cc1ccc(C)cc1)C(=O)COc1cc(C)c(Cl)c(C)c1. The molecule has 0 unspecified atom stereocenters. The van der Waals surface area contributed by atoms with Crippen LogP contribution in [0.2, 0.25) is 5.02 Å². The first kappa shape index (κ1) is 24.7. The Morgan fingerprint density at radius 3 is 2.19 bits per heavy atom. The van der Waals surface area contributed by atoms with Crippen molar-refractivity contribution in [3.63, 3.8) is 0 Å². The molecule has 0 aromatic heterocycles. The van der Waals surface area contributed by atoms with E-state index in [1.165, 1.54) is 0 Å². The average molecular weight is 445 g/mol. The fourth-order valence-electron chi connectivity index (χ4n) is 3.16. The molecule has 0 saturated carbocycles. The lowest BCUT2D eigenvalue weighted by Gasteiger charge is -2.29. The number of amides is 2.